The minimum Gasteiger partial charge on any atom is -0.423 e. The van der Waals surface area contributed by atoms with Crippen molar-refractivity contribution in [1.82, 2.24) is 0 Å². The Morgan fingerprint density at radius 2 is 1.85 bits per heavy atom. The van der Waals surface area contributed by atoms with E-state index in [-0.39, 0.29) is 5.75 Å². The average Bonchev–Trinajstić information content (AvgIpc) is 2.41. The molecule has 1 aromatic carbocycles. The van der Waals surface area contributed by atoms with Gasteiger partial charge in [-0.2, -0.15) is 4.21 Å². The lowest BCUT2D eigenvalue weighted by Gasteiger charge is -2.23. The van der Waals surface area contributed by atoms with Crippen LogP contribution in [0.2, 0.25) is 5.02 Å². The minimum atomic E-state index is -3.74. The second-order valence-electron chi connectivity index (χ2n) is 3.92. The summed E-state index contributed by atoms with van der Waals surface area (Å²) in [6.45, 7) is 3.62. The van der Waals surface area contributed by atoms with E-state index in [4.69, 9.17) is 20.7 Å². The molecule has 6 nitrogen and oxygen atoms in total. The molecule has 1 aromatic rings. The molecular weight excluding hydrogens is 327 g/mol. The van der Waals surface area contributed by atoms with Crippen LogP contribution < -0.4 is 4.52 Å². The van der Waals surface area contributed by atoms with E-state index in [1.807, 2.05) is 13.8 Å². The summed E-state index contributed by atoms with van der Waals surface area (Å²) >= 11 is 3.06. The zero-order valence-electron chi connectivity index (χ0n) is 11.0. The van der Waals surface area contributed by atoms with Crippen LogP contribution in [0.5, 0.6) is 5.75 Å². The molecule has 0 aliphatic carbocycles. The fourth-order valence-corrected chi connectivity index (χ4v) is 3.88. The summed E-state index contributed by atoms with van der Waals surface area (Å²) < 4.78 is 45.9. The first kappa shape index (κ1) is 17.6. The zero-order chi connectivity index (χ0) is 15.2. The van der Waals surface area contributed by atoms with Crippen molar-refractivity contribution in [2.45, 2.75) is 32.3 Å². The van der Waals surface area contributed by atoms with Crippen LogP contribution >= 0.6 is 19.2 Å². The molecule has 0 spiro atoms. The van der Waals surface area contributed by atoms with Gasteiger partial charge in [-0.3, -0.25) is 4.55 Å². The lowest BCUT2D eigenvalue weighted by atomic mass is 10.3. The van der Waals surface area contributed by atoms with Gasteiger partial charge in [0.05, 0.1) is 5.66 Å². The standard InChI is InChI=1S/C11H16ClO6PS/c1-3-11(4-2)19(13,17-18-20(14)15)16-10-7-5-9(12)6-8-10/h5-8,11H,3-4H2,1-2H3,(H,14,15). The topological polar surface area (TPSA) is 82.1 Å². The molecule has 0 bridgehead atoms. The molecule has 1 rings (SSSR count). The van der Waals surface area contributed by atoms with Gasteiger partial charge in [0.15, 0.2) is 0 Å². The summed E-state index contributed by atoms with van der Waals surface area (Å²) in [5.74, 6) is 0.275. The van der Waals surface area contributed by atoms with Gasteiger partial charge >= 0.3 is 19.0 Å². The molecule has 114 valence electrons. The molecule has 0 aliphatic heterocycles. The Morgan fingerprint density at radius 3 is 2.30 bits per heavy atom. The van der Waals surface area contributed by atoms with E-state index in [0.717, 1.165) is 0 Å². The van der Waals surface area contributed by atoms with Crippen molar-refractivity contribution in [2.75, 3.05) is 0 Å². The van der Waals surface area contributed by atoms with Gasteiger partial charge in [0.2, 0.25) is 0 Å². The first-order valence-electron chi connectivity index (χ1n) is 5.93. The Kier molecular flexibility index (Phi) is 7.15. The predicted octanol–water partition coefficient (Wildman–Crippen LogP) is 4.19. The second kappa shape index (κ2) is 8.12. The Labute approximate surface area is 125 Å². The molecule has 0 amide bonds. The van der Waals surface area contributed by atoms with Crippen molar-refractivity contribution in [3.8, 4) is 5.75 Å². The number of hydrogen-bond donors (Lipinski definition) is 1. The molecule has 0 heterocycles. The van der Waals surface area contributed by atoms with Gasteiger partial charge in [0.1, 0.15) is 5.75 Å². The maximum atomic E-state index is 12.7. The number of halogens is 1. The van der Waals surface area contributed by atoms with E-state index in [9.17, 15) is 8.77 Å². The van der Waals surface area contributed by atoms with Crippen LogP contribution in [0, 0.1) is 0 Å². The Bertz CT molecular complexity index is 490. The summed E-state index contributed by atoms with van der Waals surface area (Å²) in [4.78, 5) is 0. The van der Waals surface area contributed by atoms with Crippen LogP contribution in [0.1, 0.15) is 26.7 Å². The molecule has 0 saturated carbocycles. The van der Waals surface area contributed by atoms with Crippen LogP contribution in [0.3, 0.4) is 0 Å². The third-order valence-corrected chi connectivity index (χ3v) is 5.54. The van der Waals surface area contributed by atoms with Crippen LogP contribution in [-0.4, -0.2) is 14.4 Å². The first-order chi connectivity index (χ1) is 9.41. The van der Waals surface area contributed by atoms with Gasteiger partial charge in [-0.05, 0) is 37.1 Å². The van der Waals surface area contributed by atoms with E-state index < -0.39 is 24.6 Å². The van der Waals surface area contributed by atoms with Gasteiger partial charge in [-0.25, -0.2) is 4.57 Å². The van der Waals surface area contributed by atoms with Gasteiger partial charge in [-0.1, -0.05) is 29.8 Å². The monoisotopic (exact) mass is 342 g/mol. The SMILES string of the molecule is CCC(CC)P(=O)(OOS(=O)O)Oc1ccc(Cl)cc1. The van der Waals surface area contributed by atoms with Gasteiger partial charge in [0, 0.05) is 5.02 Å². The van der Waals surface area contributed by atoms with Crippen molar-refractivity contribution in [3.05, 3.63) is 29.3 Å². The van der Waals surface area contributed by atoms with E-state index >= 15 is 0 Å². The van der Waals surface area contributed by atoms with Crippen LogP contribution in [-0.2, 0) is 24.9 Å². The van der Waals surface area contributed by atoms with Crippen molar-refractivity contribution >= 4 is 30.6 Å². The third-order valence-electron chi connectivity index (χ3n) is 2.63. The van der Waals surface area contributed by atoms with Crippen LogP contribution in [0.15, 0.2) is 24.3 Å². The summed E-state index contributed by atoms with van der Waals surface area (Å²) in [5, 5.41) is 0.503. The molecule has 2 unspecified atom stereocenters. The van der Waals surface area contributed by atoms with E-state index in [1.54, 1.807) is 12.1 Å². The first-order valence-corrected chi connectivity index (χ1v) is 8.96. The van der Waals surface area contributed by atoms with Crippen molar-refractivity contribution < 1.29 is 26.9 Å². The number of rotatable bonds is 8. The maximum Gasteiger partial charge on any atom is 0.410 e. The molecule has 9 heteroatoms. The highest BCUT2D eigenvalue weighted by Gasteiger charge is 2.37. The molecule has 1 N–H and O–H groups in total. The van der Waals surface area contributed by atoms with E-state index in [1.165, 1.54) is 12.1 Å². The van der Waals surface area contributed by atoms with Gasteiger partial charge < -0.3 is 4.52 Å². The number of hydrogen-bond acceptors (Lipinski definition) is 5. The largest absolute Gasteiger partial charge is 0.423 e. The molecule has 0 saturated heterocycles. The lowest BCUT2D eigenvalue weighted by Crippen LogP contribution is -2.14. The molecule has 0 aromatic heterocycles. The smallest absolute Gasteiger partial charge is 0.410 e. The molecule has 0 aliphatic rings. The quantitative estimate of drug-likeness (QED) is 0.330. The van der Waals surface area contributed by atoms with Crippen molar-refractivity contribution in [1.29, 1.82) is 0 Å². The summed E-state index contributed by atoms with van der Waals surface area (Å²) in [7, 11) is -3.74. The molecule has 0 fully saturated rings. The Balaban J connectivity index is 2.94. The summed E-state index contributed by atoms with van der Waals surface area (Å²) in [5.41, 5.74) is -0.457. The fraction of sp³-hybridized carbons (Fsp3) is 0.455. The van der Waals surface area contributed by atoms with Crippen LogP contribution in [0.4, 0.5) is 0 Å². The van der Waals surface area contributed by atoms with Crippen molar-refractivity contribution in [2.24, 2.45) is 0 Å². The summed E-state index contributed by atoms with van der Waals surface area (Å²) in [6, 6.07) is 6.19. The summed E-state index contributed by atoms with van der Waals surface area (Å²) in [6.07, 6.45) is 1.01. The molecule has 0 radical (unpaired) electrons. The van der Waals surface area contributed by atoms with Gasteiger partial charge in [0.25, 0.3) is 0 Å². The lowest BCUT2D eigenvalue weighted by molar-refractivity contribution is -0.103. The van der Waals surface area contributed by atoms with Gasteiger partial charge in [-0.15, -0.1) is 4.67 Å². The highest BCUT2D eigenvalue weighted by Crippen LogP contribution is 2.55. The molecular formula is C11H16ClO6PS. The predicted molar refractivity (Wildman–Crippen MR) is 77.0 cm³/mol. The minimum absolute atomic E-state index is 0.275. The Hall–Kier alpha value is -0.430. The Morgan fingerprint density at radius 1 is 1.30 bits per heavy atom. The molecule has 20 heavy (non-hydrogen) atoms. The van der Waals surface area contributed by atoms with Crippen LogP contribution in [0.25, 0.3) is 0 Å². The normalized spacial score (nSPS) is 15.8. The maximum absolute atomic E-state index is 12.7. The third kappa shape index (κ3) is 5.16. The van der Waals surface area contributed by atoms with Crippen molar-refractivity contribution in [3.63, 3.8) is 0 Å². The average molecular weight is 343 g/mol. The highest BCUT2D eigenvalue weighted by atomic mass is 35.5. The fourth-order valence-electron chi connectivity index (χ4n) is 1.60. The zero-order valence-corrected chi connectivity index (χ0v) is 13.5. The number of benzene rings is 1. The highest BCUT2D eigenvalue weighted by molar-refractivity contribution is 7.74. The van der Waals surface area contributed by atoms with E-state index in [0.29, 0.717) is 17.9 Å². The van der Waals surface area contributed by atoms with E-state index in [2.05, 4.69) is 9.01 Å². The second-order valence-corrected chi connectivity index (χ2v) is 7.06. The molecule has 2 atom stereocenters.